The van der Waals surface area contributed by atoms with Gasteiger partial charge in [-0.25, -0.2) is 4.68 Å². The molecule has 6 nitrogen and oxygen atoms in total. The number of amides is 1. The van der Waals surface area contributed by atoms with Crippen LogP contribution in [0.4, 0.5) is 13.2 Å². The van der Waals surface area contributed by atoms with Crippen LogP contribution in [-0.4, -0.2) is 35.4 Å². The molecule has 1 amide bonds. The van der Waals surface area contributed by atoms with Crippen LogP contribution >= 0.6 is 0 Å². The molecule has 0 fully saturated rings. The molecular weight excluding hydrogens is 351 g/mol. The van der Waals surface area contributed by atoms with Crippen molar-refractivity contribution in [2.45, 2.75) is 26.1 Å². The van der Waals surface area contributed by atoms with Crippen LogP contribution in [0.25, 0.3) is 5.69 Å². The lowest BCUT2D eigenvalue weighted by molar-refractivity contribution is -0.137. The third-order valence-electron chi connectivity index (χ3n) is 3.53. The molecule has 0 saturated carbocycles. The Labute approximate surface area is 147 Å². The Morgan fingerprint density at radius 3 is 2.65 bits per heavy atom. The Balaban J connectivity index is 2.45. The van der Waals surface area contributed by atoms with Crippen molar-refractivity contribution in [3.63, 3.8) is 0 Å². The highest BCUT2D eigenvalue weighted by Crippen LogP contribution is 2.30. The average molecular weight is 369 g/mol. The Morgan fingerprint density at radius 2 is 2.04 bits per heavy atom. The Bertz CT molecular complexity index is 862. The minimum Gasteiger partial charge on any atom is -0.383 e. The van der Waals surface area contributed by atoms with E-state index in [-0.39, 0.29) is 18.3 Å². The lowest BCUT2D eigenvalue weighted by atomic mass is 10.2. The van der Waals surface area contributed by atoms with Gasteiger partial charge >= 0.3 is 6.18 Å². The lowest BCUT2D eigenvalue weighted by Crippen LogP contribution is -2.39. The molecule has 0 spiro atoms. The van der Waals surface area contributed by atoms with Crippen LogP contribution in [0.5, 0.6) is 0 Å². The number of nitrogens with zero attached hydrogens (tertiary/aromatic N) is 2. The van der Waals surface area contributed by atoms with Gasteiger partial charge < -0.3 is 10.1 Å². The van der Waals surface area contributed by atoms with Crippen molar-refractivity contribution in [3.05, 3.63) is 57.5 Å². The maximum Gasteiger partial charge on any atom is 0.416 e. The van der Waals surface area contributed by atoms with E-state index in [0.29, 0.717) is 5.69 Å². The van der Waals surface area contributed by atoms with Crippen molar-refractivity contribution in [2.24, 2.45) is 0 Å². The van der Waals surface area contributed by atoms with Gasteiger partial charge in [0.15, 0.2) is 5.69 Å². The number of hydrogen-bond donors (Lipinski definition) is 1. The molecular formula is C17H18F3N3O3. The summed E-state index contributed by atoms with van der Waals surface area (Å²) in [4.78, 5) is 24.3. The zero-order chi connectivity index (χ0) is 19.5. The number of carbonyl (C=O) groups excluding carboxylic acids is 1. The van der Waals surface area contributed by atoms with Crippen molar-refractivity contribution in [3.8, 4) is 5.69 Å². The van der Waals surface area contributed by atoms with E-state index in [9.17, 15) is 22.8 Å². The third-order valence-corrected chi connectivity index (χ3v) is 3.53. The Hall–Kier alpha value is -2.68. The summed E-state index contributed by atoms with van der Waals surface area (Å²) in [6.07, 6.45) is -4.52. The van der Waals surface area contributed by atoms with E-state index >= 15 is 0 Å². The first kappa shape index (κ1) is 19.6. The minimum atomic E-state index is -4.52. The molecule has 0 unspecified atom stereocenters. The third kappa shape index (κ3) is 4.48. The summed E-state index contributed by atoms with van der Waals surface area (Å²) in [6.45, 7) is 3.43. The summed E-state index contributed by atoms with van der Waals surface area (Å²) < 4.78 is 44.8. The molecule has 0 bridgehead atoms. The molecule has 0 aliphatic heterocycles. The van der Waals surface area contributed by atoms with Crippen LogP contribution in [-0.2, 0) is 10.9 Å². The molecule has 1 atom stereocenters. The van der Waals surface area contributed by atoms with Crippen molar-refractivity contribution in [1.82, 2.24) is 15.1 Å². The molecule has 9 heteroatoms. The normalized spacial score (nSPS) is 12.7. The smallest absolute Gasteiger partial charge is 0.383 e. The summed E-state index contributed by atoms with van der Waals surface area (Å²) in [5.74, 6) is -0.722. The second kappa shape index (κ2) is 7.69. The lowest BCUT2D eigenvalue weighted by Gasteiger charge is -2.15. The zero-order valence-corrected chi connectivity index (χ0v) is 14.4. The fourth-order valence-electron chi connectivity index (χ4n) is 2.36. The van der Waals surface area contributed by atoms with Crippen molar-refractivity contribution in [2.75, 3.05) is 13.7 Å². The number of alkyl halides is 3. The fourth-order valence-corrected chi connectivity index (χ4v) is 2.36. The van der Waals surface area contributed by atoms with E-state index in [1.54, 1.807) is 6.92 Å². The fraction of sp³-hybridized carbons (Fsp3) is 0.353. The van der Waals surface area contributed by atoms with E-state index in [4.69, 9.17) is 4.74 Å². The molecule has 1 aromatic carbocycles. The maximum absolute atomic E-state index is 12.9. The van der Waals surface area contributed by atoms with E-state index in [2.05, 4.69) is 10.4 Å². The van der Waals surface area contributed by atoms with Gasteiger partial charge in [0.25, 0.3) is 5.91 Å². The second-order valence-corrected chi connectivity index (χ2v) is 5.79. The van der Waals surface area contributed by atoms with E-state index in [1.165, 1.54) is 26.2 Å². The Morgan fingerprint density at radius 1 is 1.35 bits per heavy atom. The number of halogens is 3. The molecule has 1 N–H and O–H groups in total. The average Bonchev–Trinajstić information content (AvgIpc) is 2.54. The van der Waals surface area contributed by atoms with E-state index < -0.39 is 28.8 Å². The summed E-state index contributed by atoms with van der Waals surface area (Å²) in [5, 5.41) is 6.51. The summed E-state index contributed by atoms with van der Waals surface area (Å²) in [7, 11) is 1.47. The van der Waals surface area contributed by atoms with Crippen LogP contribution in [0.3, 0.4) is 0 Å². The number of ether oxygens (including phenoxy) is 1. The molecule has 2 aromatic rings. The van der Waals surface area contributed by atoms with Gasteiger partial charge in [-0.05, 0) is 32.0 Å². The predicted molar refractivity (Wildman–Crippen MR) is 88.4 cm³/mol. The molecule has 0 aliphatic rings. The molecule has 1 aromatic heterocycles. The van der Waals surface area contributed by atoms with Crippen LogP contribution in [0, 0.1) is 6.92 Å². The van der Waals surface area contributed by atoms with Gasteiger partial charge in [-0.15, -0.1) is 0 Å². The van der Waals surface area contributed by atoms with E-state index in [0.717, 1.165) is 22.9 Å². The number of aryl methyl sites for hydroxylation is 1. The minimum absolute atomic E-state index is 0.0938. The molecule has 26 heavy (non-hydrogen) atoms. The topological polar surface area (TPSA) is 73.2 Å². The second-order valence-electron chi connectivity index (χ2n) is 5.79. The van der Waals surface area contributed by atoms with Gasteiger partial charge in [0.1, 0.15) is 0 Å². The van der Waals surface area contributed by atoms with Gasteiger partial charge in [0.05, 0.1) is 17.9 Å². The molecule has 1 heterocycles. The number of hydrogen-bond acceptors (Lipinski definition) is 4. The highest BCUT2D eigenvalue weighted by molar-refractivity contribution is 5.92. The SMILES string of the molecule is COC[C@H](C)NC(=O)c1nn(-c2cccc(C(F)(F)F)c2)c(C)cc1=O. The number of carbonyl (C=O) groups is 1. The first-order valence-electron chi connectivity index (χ1n) is 7.72. The first-order valence-corrected chi connectivity index (χ1v) is 7.72. The molecule has 2 rings (SSSR count). The molecule has 140 valence electrons. The number of rotatable bonds is 5. The summed E-state index contributed by atoms with van der Waals surface area (Å²) in [5.41, 5.74) is -1.48. The van der Waals surface area contributed by atoms with Crippen LogP contribution in [0.2, 0.25) is 0 Å². The highest BCUT2D eigenvalue weighted by Gasteiger charge is 2.30. The number of aromatic nitrogens is 2. The largest absolute Gasteiger partial charge is 0.416 e. The summed E-state index contributed by atoms with van der Waals surface area (Å²) >= 11 is 0. The number of nitrogens with one attached hydrogen (secondary N) is 1. The quantitative estimate of drug-likeness (QED) is 0.878. The molecule has 0 aliphatic carbocycles. The van der Waals surface area contributed by atoms with Gasteiger partial charge in [0.2, 0.25) is 5.43 Å². The Kier molecular flexibility index (Phi) is 5.81. The van der Waals surface area contributed by atoms with E-state index in [1.807, 2.05) is 0 Å². The van der Waals surface area contributed by atoms with Crippen LogP contribution in [0.1, 0.15) is 28.7 Å². The predicted octanol–water partition coefficient (Wildman–Crippen LogP) is 2.32. The van der Waals surface area contributed by atoms with Crippen molar-refractivity contribution < 1.29 is 22.7 Å². The van der Waals surface area contributed by atoms with Gasteiger partial charge in [-0.2, -0.15) is 18.3 Å². The van der Waals surface area contributed by atoms with Crippen LogP contribution < -0.4 is 10.7 Å². The van der Waals surface area contributed by atoms with Crippen LogP contribution in [0.15, 0.2) is 35.1 Å². The number of methoxy groups -OCH3 is 1. The maximum atomic E-state index is 12.9. The van der Waals surface area contributed by atoms with Gasteiger partial charge in [-0.1, -0.05) is 6.07 Å². The standard InChI is InChI=1S/C17H18F3N3O3/c1-10(9-26-3)21-16(25)15-14(24)7-11(2)23(22-15)13-6-4-5-12(8-13)17(18,19)20/h4-8,10H,9H2,1-3H3,(H,21,25)/t10-/m0/s1. The van der Waals surface area contributed by atoms with Crippen molar-refractivity contribution >= 4 is 5.91 Å². The highest BCUT2D eigenvalue weighted by atomic mass is 19.4. The monoisotopic (exact) mass is 369 g/mol. The van der Waals surface area contributed by atoms with Crippen molar-refractivity contribution in [1.29, 1.82) is 0 Å². The first-order chi connectivity index (χ1) is 12.1. The number of benzene rings is 1. The van der Waals surface area contributed by atoms with Gasteiger partial charge in [0, 0.05) is 24.9 Å². The molecule has 0 radical (unpaired) electrons. The van der Waals surface area contributed by atoms with Gasteiger partial charge in [-0.3, -0.25) is 9.59 Å². The summed E-state index contributed by atoms with van der Waals surface area (Å²) in [6, 6.07) is 5.27. The molecule has 0 saturated heterocycles. The zero-order valence-electron chi connectivity index (χ0n) is 14.4.